The first-order chi connectivity index (χ1) is 9.58. The van der Waals surface area contributed by atoms with Gasteiger partial charge >= 0.3 is 0 Å². The summed E-state index contributed by atoms with van der Waals surface area (Å²) in [5.41, 5.74) is 2.12. The normalized spacial score (nSPS) is 21.4. The van der Waals surface area contributed by atoms with Gasteiger partial charge in [-0.2, -0.15) is 14.6 Å². The van der Waals surface area contributed by atoms with E-state index in [0.29, 0.717) is 11.7 Å². The topological polar surface area (TPSA) is 66.5 Å². The average molecular weight is 275 g/mol. The lowest BCUT2D eigenvalue weighted by atomic mass is 9.93. The highest BCUT2D eigenvalue weighted by Crippen LogP contribution is 2.28. The number of aliphatic hydroxyl groups is 1. The van der Waals surface area contributed by atoms with Gasteiger partial charge in [0.25, 0.3) is 5.78 Å². The molecule has 3 heterocycles. The molecule has 2 aromatic heterocycles. The summed E-state index contributed by atoms with van der Waals surface area (Å²) in [6, 6.07) is 0. The largest absolute Gasteiger partial charge is 0.393 e. The van der Waals surface area contributed by atoms with Gasteiger partial charge in [0.15, 0.2) is 0 Å². The summed E-state index contributed by atoms with van der Waals surface area (Å²) in [6.07, 6.45) is 3.44. The van der Waals surface area contributed by atoms with Crippen molar-refractivity contribution < 1.29 is 5.11 Å². The Balaban J connectivity index is 2.04. The molecule has 0 amide bonds. The zero-order chi connectivity index (χ0) is 14.3. The molecule has 2 unspecified atom stereocenters. The van der Waals surface area contributed by atoms with Crippen molar-refractivity contribution >= 4 is 11.6 Å². The maximum absolute atomic E-state index is 9.87. The van der Waals surface area contributed by atoms with Crippen LogP contribution in [0, 0.1) is 19.8 Å². The number of aliphatic hydroxyl groups excluding tert-OH is 1. The third-order valence-corrected chi connectivity index (χ3v) is 4.32. The smallest absolute Gasteiger partial charge is 0.254 e. The quantitative estimate of drug-likeness (QED) is 0.896. The van der Waals surface area contributed by atoms with E-state index >= 15 is 0 Å². The summed E-state index contributed by atoms with van der Waals surface area (Å²) >= 11 is 0. The summed E-state index contributed by atoms with van der Waals surface area (Å²) in [4.78, 5) is 11.0. The fraction of sp³-hybridized carbons (Fsp3) is 0.643. The molecule has 0 aliphatic carbocycles. The van der Waals surface area contributed by atoms with Gasteiger partial charge in [-0.15, -0.1) is 0 Å². The van der Waals surface area contributed by atoms with E-state index in [2.05, 4.69) is 26.9 Å². The van der Waals surface area contributed by atoms with Crippen molar-refractivity contribution in [2.75, 3.05) is 18.0 Å². The summed E-state index contributed by atoms with van der Waals surface area (Å²) in [5, 5.41) is 14.2. The minimum atomic E-state index is -0.271. The number of rotatable bonds is 2. The fourth-order valence-corrected chi connectivity index (χ4v) is 2.98. The first kappa shape index (κ1) is 13.3. The standard InChI is InChI=1S/C14H21N5O/c1-9-10(2)17-14-15-8-16-19(14)13(9)18-6-4-5-12(7-18)11(3)20/h8,11-12,20H,4-7H2,1-3H3. The van der Waals surface area contributed by atoms with Crippen LogP contribution in [-0.2, 0) is 0 Å². The highest BCUT2D eigenvalue weighted by molar-refractivity contribution is 5.54. The van der Waals surface area contributed by atoms with Crippen molar-refractivity contribution in [1.29, 1.82) is 0 Å². The Bertz CT molecular complexity index is 621. The van der Waals surface area contributed by atoms with Gasteiger partial charge in [-0.3, -0.25) is 0 Å². The van der Waals surface area contributed by atoms with E-state index in [-0.39, 0.29) is 6.10 Å². The van der Waals surface area contributed by atoms with Crippen LogP contribution in [0.1, 0.15) is 31.0 Å². The molecule has 0 aromatic carbocycles. The monoisotopic (exact) mass is 275 g/mol. The van der Waals surface area contributed by atoms with E-state index in [1.165, 1.54) is 0 Å². The number of hydrogen-bond donors (Lipinski definition) is 1. The number of hydrogen-bond acceptors (Lipinski definition) is 5. The van der Waals surface area contributed by atoms with Crippen LogP contribution in [0.4, 0.5) is 5.82 Å². The lowest BCUT2D eigenvalue weighted by Crippen LogP contribution is -2.41. The molecule has 0 spiro atoms. The van der Waals surface area contributed by atoms with Crippen LogP contribution >= 0.6 is 0 Å². The van der Waals surface area contributed by atoms with Gasteiger partial charge in [0.2, 0.25) is 0 Å². The fourth-order valence-electron chi connectivity index (χ4n) is 2.98. The van der Waals surface area contributed by atoms with Crippen LogP contribution in [0.5, 0.6) is 0 Å². The summed E-state index contributed by atoms with van der Waals surface area (Å²) in [6.45, 7) is 7.80. The van der Waals surface area contributed by atoms with Crippen molar-refractivity contribution in [2.24, 2.45) is 5.92 Å². The maximum Gasteiger partial charge on any atom is 0.254 e. The van der Waals surface area contributed by atoms with Crippen LogP contribution in [0.15, 0.2) is 6.33 Å². The van der Waals surface area contributed by atoms with Crippen molar-refractivity contribution in [2.45, 2.75) is 39.7 Å². The van der Waals surface area contributed by atoms with E-state index in [4.69, 9.17) is 0 Å². The predicted molar refractivity (Wildman–Crippen MR) is 76.9 cm³/mol. The van der Waals surface area contributed by atoms with Crippen LogP contribution in [0.25, 0.3) is 5.78 Å². The number of nitrogens with zero attached hydrogens (tertiary/aromatic N) is 5. The average Bonchev–Trinajstić information content (AvgIpc) is 2.87. The van der Waals surface area contributed by atoms with E-state index in [1.807, 2.05) is 18.4 Å². The Kier molecular flexibility index (Phi) is 3.33. The molecular formula is C14H21N5O. The molecule has 6 nitrogen and oxygen atoms in total. The molecular weight excluding hydrogens is 254 g/mol. The second-order valence-electron chi connectivity index (χ2n) is 5.71. The Labute approximate surface area is 118 Å². The molecule has 2 atom stereocenters. The summed E-state index contributed by atoms with van der Waals surface area (Å²) < 4.78 is 1.81. The third-order valence-electron chi connectivity index (χ3n) is 4.32. The van der Waals surface area contributed by atoms with Crippen LogP contribution in [0.2, 0.25) is 0 Å². The van der Waals surface area contributed by atoms with Gasteiger partial charge in [-0.1, -0.05) is 0 Å². The molecule has 6 heteroatoms. The first-order valence-electron chi connectivity index (χ1n) is 7.18. The Morgan fingerprint density at radius 3 is 2.95 bits per heavy atom. The number of aromatic nitrogens is 4. The molecule has 0 saturated carbocycles. The van der Waals surface area contributed by atoms with E-state index in [9.17, 15) is 5.11 Å². The van der Waals surface area contributed by atoms with Crippen LogP contribution in [0.3, 0.4) is 0 Å². The van der Waals surface area contributed by atoms with Gasteiger partial charge in [0.05, 0.1) is 6.10 Å². The Hall–Kier alpha value is -1.69. The molecule has 108 valence electrons. The third kappa shape index (κ3) is 2.14. The Morgan fingerprint density at radius 1 is 1.40 bits per heavy atom. The van der Waals surface area contributed by atoms with Crippen molar-refractivity contribution in [3.05, 3.63) is 17.6 Å². The minimum Gasteiger partial charge on any atom is -0.393 e. The van der Waals surface area contributed by atoms with Crippen LogP contribution < -0.4 is 4.90 Å². The SMILES string of the molecule is Cc1nc2ncnn2c(N2CCCC(C(C)O)C2)c1C. The number of anilines is 1. The molecule has 1 fully saturated rings. The molecule has 1 aliphatic heterocycles. The predicted octanol–water partition coefficient (Wildman–Crippen LogP) is 1.34. The van der Waals surface area contributed by atoms with Gasteiger partial charge in [-0.05, 0) is 33.6 Å². The summed E-state index contributed by atoms with van der Waals surface area (Å²) in [7, 11) is 0. The van der Waals surface area contributed by atoms with E-state index < -0.39 is 0 Å². The highest BCUT2D eigenvalue weighted by Gasteiger charge is 2.26. The van der Waals surface area contributed by atoms with Crippen molar-refractivity contribution in [1.82, 2.24) is 19.6 Å². The zero-order valence-electron chi connectivity index (χ0n) is 12.2. The van der Waals surface area contributed by atoms with Crippen molar-refractivity contribution in [3.63, 3.8) is 0 Å². The molecule has 0 bridgehead atoms. The Morgan fingerprint density at radius 2 is 2.20 bits per heavy atom. The molecule has 2 aromatic rings. The second kappa shape index (κ2) is 5.01. The lowest BCUT2D eigenvalue weighted by molar-refractivity contribution is 0.115. The molecule has 3 rings (SSSR count). The molecule has 20 heavy (non-hydrogen) atoms. The molecule has 1 saturated heterocycles. The number of piperidine rings is 1. The number of aryl methyl sites for hydroxylation is 1. The maximum atomic E-state index is 9.87. The lowest BCUT2D eigenvalue weighted by Gasteiger charge is -2.36. The minimum absolute atomic E-state index is 0.271. The van der Waals surface area contributed by atoms with E-state index in [1.54, 1.807) is 6.33 Å². The summed E-state index contributed by atoms with van der Waals surface area (Å²) in [5.74, 6) is 2.02. The highest BCUT2D eigenvalue weighted by atomic mass is 16.3. The van der Waals surface area contributed by atoms with Crippen molar-refractivity contribution in [3.8, 4) is 0 Å². The zero-order valence-corrected chi connectivity index (χ0v) is 12.2. The van der Waals surface area contributed by atoms with Crippen LogP contribution in [-0.4, -0.2) is 43.9 Å². The first-order valence-corrected chi connectivity index (χ1v) is 7.18. The van der Waals surface area contributed by atoms with Gasteiger partial charge in [-0.25, -0.2) is 4.98 Å². The molecule has 1 aliphatic rings. The van der Waals surface area contributed by atoms with Gasteiger partial charge < -0.3 is 10.0 Å². The van der Waals surface area contributed by atoms with Gasteiger partial charge in [0.1, 0.15) is 12.1 Å². The molecule has 0 radical (unpaired) electrons. The van der Waals surface area contributed by atoms with Gasteiger partial charge in [0, 0.05) is 30.3 Å². The molecule has 1 N–H and O–H groups in total. The number of fused-ring (bicyclic) bond motifs is 1. The van der Waals surface area contributed by atoms with E-state index in [0.717, 1.165) is 43.0 Å². The second-order valence-corrected chi connectivity index (χ2v) is 5.71.